The molecule has 0 amide bonds. The molecule has 0 spiro atoms. The minimum atomic E-state index is -4.49. The van der Waals surface area contributed by atoms with Crippen LogP contribution in [0.1, 0.15) is 11.4 Å². The van der Waals surface area contributed by atoms with Crippen molar-refractivity contribution in [3.63, 3.8) is 0 Å². The highest BCUT2D eigenvalue weighted by Gasteiger charge is 2.36. The van der Waals surface area contributed by atoms with Crippen molar-refractivity contribution in [1.29, 1.82) is 0 Å². The van der Waals surface area contributed by atoms with Crippen LogP contribution in [0.25, 0.3) is 0 Å². The van der Waals surface area contributed by atoms with Crippen LogP contribution >= 0.6 is 23.1 Å². The van der Waals surface area contributed by atoms with Crippen LogP contribution in [-0.2, 0) is 12.6 Å². The SMILES string of the molecule is FC(F)(F)c1nsc(NCCc2ccc(Cl)cc2)n1. The molecule has 0 unspecified atom stereocenters. The number of anilines is 1. The van der Waals surface area contributed by atoms with E-state index in [2.05, 4.69) is 14.7 Å². The first kappa shape index (κ1) is 14.1. The summed E-state index contributed by atoms with van der Waals surface area (Å²) >= 11 is 6.45. The molecule has 1 heterocycles. The van der Waals surface area contributed by atoms with Gasteiger partial charge in [0.2, 0.25) is 11.0 Å². The smallest absolute Gasteiger partial charge is 0.360 e. The minimum absolute atomic E-state index is 0.168. The van der Waals surface area contributed by atoms with Crippen LogP contribution in [0.2, 0.25) is 5.02 Å². The average molecular weight is 308 g/mol. The number of aromatic nitrogens is 2. The molecule has 3 nitrogen and oxygen atoms in total. The molecule has 0 radical (unpaired) electrons. The molecule has 0 aliphatic rings. The maximum atomic E-state index is 12.3. The Labute approximate surface area is 116 Å². The molecule has 0 aliphatic carbocycles. The van der Waals surface area contributed by atoms with Crippen molar-refractivity contribution in [3.05, 3.63) is 40.7 Å². The largest absolute Gasteiger partial charge is 0.452 e. The van der Waals surface area contributed by atoms with Gasteiger partial charge in [-0.2, -0.15) is 22.5 Å². The van der Waals surface area contributed by atoms with Crippen LogP contribution in [0.15, 0.2) is 24.3 Å². The van der Waals surface area contributed by atoms with Crippen molar-refractivity contribution < 1.29 is 13.2 Å². The van der Waals surface area contributed by atoms with Crippen LogP contribution in [0.5, 0.6) is 0 Å². The van der Waals surface area contributed by atoms with Gasteiger partial charge in [0.15, 0.2) is 0 Å². The van der Waals surface area contributed by atoms with Crippen molar-refractivity contribution in [3.8, 4) is 0 Å². The molecule has 0 aliphatic heterocycles. The number of hydrogen-bond donors (Lipinski definition) is 1. The molecule has 19 heavy (non-hydrogen) atoms. The maximum Gasteiger partial charge on any atom is 0.452 e. The van der Waals surface area contributed by atoms with Gasteiger partial charge in [-0.1, -0.05) is 23.7 Å². The Kier molecular flexibility index (Phi) is 4.26. The predicted molar refractivity (Wildman–Crippen MR) is 68.6 cm³/mol. The lowest BCUT2D eigenvalue weighted by molar-refractivity contribution is -0.144. The summed E-state index contributed by atoms with van der Waals surface area (Å²) in [7, 11) is 0. The zero-order chi connectivity index (χ0) is 13.9. The molecule has 0 fully saturated rings. The summed E-state index contributed by atoms with van der Waals surface area (Å²) in [5, 5.41) is 3.63. The van der Waals surface area contributed by atoms with E-state index in [1.54, 1.807) is 12.1 Å². The molecule has 0 atom stereocenters. The fraction of sp³-hybridized carbons (Fsp3) is 0.273. The molecular formula is C11H9ClF3N3S. The molecule has 0 saturated carbocycles. The summed E-state index contributed by atoms with van der Waals surface area (Å²) in [6.07, 6.45) is -3.83. The summed E-state index contributed by atoms with van der Waals surface area (Å²) in [6, 6.07) is 7.27. The van der Waals surface area contributed by atoms with Crippen LogP contribution < -0.4 is 5.32 Å². The summed E-state index contributed by atoms with van der Waals surface area (Å²) in [4.78, 5) is 3.38. The first-order valence-electron chi connectivity index (χ1n) is 5.34. The molecule has 0 saturated heterocycles. The fourth-order valence-electron chi connectivity index (χ4n) is 1.38. The highest BCUT2D eigenvalue weighted by atomic mass is 35.5. The van der Waals surface area contributed by atoms with E-state index in [9.17, 15) is 13.2 Å². The second-order valence-corrected chi connectivity index (χ2v) is 4.91. The van der Waals surface area contributed by atoms with Gasteiger partial charge in [-0.25, -0.2) is 0 Å². The average Bonchev–Trinajstić information content (AvgIpc) is 2.80. The molecule has 102 valence electrons. The van der Waals surface area contributed by atoms with Crippen molar-refractivity contribution >= 4 is 28.3 Å². The van der Waals surface area contributed by atoms with Gasteiger partial charge in [-0.3, -0.25) is 0 Å². The lowest BCUT2D eigenvalue weighted by atomic mass is 10.1. The number of hydrogen-bond acceptors (Lipinski definition) is 4. The summed E-state index contributed by atoms with van der Waals surface area (Å²) in [5.41, 5.74) is 1.04. The Hall–Kier alpha value is -1.34. The summed E-state index contributed by atoms with van der Waals surface area (Å²) in [5.74, 6) is -1.11. The van der Waals surface area contributed by atoms with E-state index in [-0.39, 0.29) is 5.13 Å². The number of benzene rings is 1. The Morgan fingerprint density at radius 3 is 2.47 bits per heavy atom. The fourth-order valence-corrected chi connectivity index (χ4v) is 2.11. The Morgan fingerprint density at radius 1 is 1.21 bits per heavy atom. The normalized spacial score (nSPS) is 11.6. The van der Waals surface area contributed by atoms with Gasteiger partial charge in [0, 0.05) is 23.1 Å². The van der Waals surface area contributed by atoms with Gasteiger partial charge >= 0.3 is 6.18 Å². The molecule has 1 aromatic carbocycles. The van der Waals surface area contributed by atoms with Gasteiger partial charge in [-0.15, -0.1) is 0 Å². The van der Waals surface area contributed by atoms with Crippen molar-refractivity contribution in [2.75, 3.05) is 11.9 Å². The summed E-state index contributed by atoms with van der Waals surface area (Å²) in [6.45, 7) is 0.480. The number of nitrogens with one attached hydrogen (secondary N) is 1. The van der Waals surface area contributed by atoms with Gasteiger partial charge < -0.3 is 5.32 Å². The first-order valence-corrected chi connectivity index (χ1v) is 6.49. The third kappa shape index (κ3) is 4.07. The number of rotatable bonds is 4. The van der Waals surface area contributed by atoms with Gasteiger partial charge in [0.25, 0.3) is 0 Å². The van der Waals surface area contributed by atoms with E-state index in [1.807, 2.05) is 12.1 Å². The highest BCUT2D eigenvalue weighted by Crippen LogP contribution is 2.28. The van der Waals surface area contributed by atoms with Crippen LogP contribution in [-0.4, -0.2) is 15.9 Å². The van der Waals surface area contributed by atoms with Crippen LogP contribution in [0.4, 0.5) is 18.3 Å². The zero-order valence-corrected chi connectivity index (χ0v) is 11.1. The number of nitrogens with zero attached hydrogens (tertiary/aromatic N) is 2. The van der Waals surface area contributed by atoms with Crippen molar-refractivity contribution in [2.24, 2.45) is 0 Å². The van der Waals surface area contributed by atoms with E-state index in [1.165, 1.54) is 0 Å². The minimum Gasteiger partial charge on any atom is -0.360 e. The van der Waals surface area contributed by atoms with Gasteiger partial charge in [0.1, 0.15) is 0 Å². The molecule has 1 aromatic heterocycles. The topological polar surface area (TPSA) is 37.8 Å². The van der Waals surface area contributed by atoms with E-state index in [0.717, 1.165) is 5.56 Å². The molecule has 2 aromatic rings. The maximum absolute atomic E-state index is 12.3. The van der Waals surface area contributed by atoms with E-state index < -0.39 is 12.0 Å². The van der Waals surface area contributed by atoms with Gasteiger partial charge in [0.05, 0.1) is 0 Å². The Morgan fingerprint density at radius 2 is 1.89 bits per heavy atom. The van der Waals surface area contributed by atoms with Crippen LogP contribution in [0, 0.1) is 0 Å². The quantitative estimate of drug-likeness (QED) is 0.932. The standard InChI is InChI=1S/C11H9ClF3N3S/c12-8-3-1-7(2-4-8)5-6-16-10-17-9(18-19-10)11(13,14)15/h1-4H,5-6H2,(H,16,17,18). The lowest BCUT2D eigenvalue weighted by Crippen LogP contribution is -2.08. The summed E-state index contributed by atoms with van der Waals surface area (Å²) < 4.78 is 40.1. The predicted octanol–water partition coefficient (Wildman–Crippen LogP) is 3.86. The number of halogens is 4. The molecule has 1 N–H and O–H groups in total. The second kappa shape index (κ2) is 5.75. The molecule has 8 heteroatoms. The van der Waals surface area contributed by atoms with Gasteiger partial charge in [-0.05, 0) is 24.1 Å². The van der Waals surface area contributed by atoms with Crippen LogP contribution in [0.3, 0.4) is 0 Å². The lowest BCUT2D eigenvalue weighted by Gasteiger charge is -2.03. The Bertz CT molecular complexity index is 539. The molecule has 2 rings (SSSR count). The molecular weight excluding hydrogens is 299 g/mol. The highest BCUT2D eigenvalue weighted by molar-refractivity contribution is 7.09. The van der Waals surface area contributed by atoms with Crippen molar-refractivity contribution in [1.82, 2.24) is 9.36 Å². The first-order chi connectivity index (χ1) is 8.95. The molecule has 0 bridgehead atoms. The van der Waals surface area contributed by atoms with E-state index in [0.29, 0.717) is 29.5 Å². The van der Waals surface area contributed by atoms with E-state index >= 15 is 0 Å². The third-order valence-electron chi connectivity index (χ3n) is 2.28. The Balaban J connectivity index is 1.86. The zero-order valence-electron chi connectivity index (χ0n) is 9.54. The van der Waals surface area contributed by atoms with E-state index in [4.69, 9.17) is 11.6 Å². The monoisotopic (exact) mass is 307 g/mol. The second-order valence-electron chi connectivity index (χ2n) is 3.72. The third-order valence-corrected chi connectivity index (χ3v) is 3.21. The van der Waals surface area contributed by atoms with Crippen molar-refractivity contribution in [2.45, 2.75) is 12.6 Å². The number of alkyl halides is 3.